The van der Waals surface area contributed by atoms with Gasteiger partial charge in [-0.1, -0.05) is 29.8 Å². The van der Waals surface area contributed by atoms with Crippen LogP contribution in [0.1, 0.15) is 36.0 Å². The second-order valence-electron chi connectivity index (χ2n) is 8.67. The van der Waals surface area contributed by atoms with Crippen molar-refractivity contribution in [3.8, 4) is 5.75 Å². The Morgan fingerprint density at radius 1 is 1.00 bits per heavy atom. The summed E-state index contributed by atoms with van der Waals surface area (Å²) >= 11 is 6.35. The van der Waals surface area contributed by atoms with Crippen LogP contribution in [-0.2, 0) is 4.79 Å². The normalized spacial score (nSPS) is 13.2. The Morgan fingerprint density at radius 3 is 2.50 bits per heavy atom. The van der Waals surface area contributed by atoms with Crippen molar-refractivity contribution in [2.24, 2.45) is 0 Å². The van der Waals surface area contributed by atoms with Crippen LogP contribution in [0.25, 0.3) is 0 Å². The minimum Gasteiger partial charge on any atom is -0.492 e. The van der Waals surface area contributed by atoms with Crippen molar-refractivity contribution in [2.75, 3.05) is 43.0 Å². The summed E-state index contributed by atoms with van der Waals surface area (Å²) in [5.41, 5.74) is 2.10. The summed E-state index contributed by atoms with van der Waals surface area (Å²) < 4.78 is 5.87. The quantitative estimate of drug-likeness (QED) is 0.379. The van der Waals surface area contributed by atoms with Crippen LogP contribution in [0.15, 0.2) is 73.1 Å². The summed E-state index contributed by atoms with van der Waals surface area (Å²) in [6.07, 6.45) is 6.95. The number of carbonyl (C=O) groups is 2. The van der Waals surface area contributed by atoms with Crippen LogP contribution in [0.3, 0.4) is 0 Å². The van der Waals surface area contributed by atoms with E-state index in [0.717, 1.165) is 43.7 Å². The van der Waals surface area contributed by atoms with Crippen molar-refractivity contribution < 1.29 is 14.3 Å². The van der Waals surface area contributed by atoms with Crippen LogP contribution in [0.5, 0.6) is 5.75 Å². The highest BCUT2D eigenvalue weighted by Gasteiger charge is 2.22. The van der Waals surface area contributed by atoms with Crippen molar-refractivity contribution >= 4 is 34.8 Å². The topological polar surface area (TPSA) is 74.8 Å². The SMILES string of the molecule is O=C(CCN(C(=O)c1cc(Cl)cc(OCCNc2ccncc2)c1)c1ccccc1)N1CCCCC1. The molecule has 0 bridgehead atoms. The Labute approximate surface area is 217 Å². The molecule has 4 rings (SSSR count). The highest BCUT2D eigenvalue weighted by atomic mass is 35.5. The van der Waals surface area contributed by atoms with Crippen LogP contribution >= 0.6 is 11.6 Å². The zero-order valence-corrected chi connectivity index (χ0v) is 21.0. The van der Waals surface area contributed by atoms with Crippen molar-refractivity contribution in [1.29, 1.82) is 0 Å². The zero-order chi connectivity index (χ0) is 25.2. The first-order valence-electron chi connectivity index (χ1n) is 12.3. The lowest BCUT2D eigenvalue weighted by molar-refractivity contribution is -0.131. The molecule has 1 fully saturated rings. The number of hydrogen-bond acceptors (Lipinski definition) is 5. The number of anilines is 2. The molecule has 1 aromatic heterocycles. The predicted octanol–water partition coefficient (Wildman–Crippen LogP) is 5.28. The Bertz CT molecular complexity index is 1140. The number of nitrogens with one attached hydrogen (secondary N) is 1. The van der Waals surface area contributed by atoms with Gasteiger partial charge in [0.25, 0.3) is 5.91 Å². The molecule has 0 unspecified atom stereocenters. The molecule has 3 aromatic rings. The van der Waals surface area contributed by atoms with E-state index in [-0.39, 0.29) is 24.8 Å². The highest BCUT2D eigenvalue weighted by molar-refractivity contribution is 6.31. The smallest absolute Gasteiger partial charge is 0.258 e. The van der Waals surface area contributed by atoms with Gasteiger partial charge in [-0.05, 0) is 61.7 Å². The van der Waals surface area contributed by atoms with Gasteiger partial charge in [-0.15, -0.1) is 0 Å². The van der Waals surface area contributed by atoms with Gasteiger partial charge in [0, 0.05) is 67.0 Å². The van der Waals surface area contributed by atoms with Crippen molar-refractivity contribution in [2.45, 2.75) is 25.7 Å². The molecule has 7 nitrogen and oxygen atoms in total. The van der Waals surface area contributed by atoms with E-state index in [1.165, 1.54) is 0 Å². The molecule has 2 amide bonds. The molecule has 2 heterocycles. The number of likely N-dealkylation sites (tertiary alicyclic amines) is 1. The van der Waals surface area contributed by atoms with E-state index < -0.39 is 0 Å². The number of halogens is 1. The third-order valence-corrected chi connectivity index (χ3v) is 6.29. The summed E-state index contributed by atoms with van der Waals surface area (Å²) in [6.45, 7) is 2.85. The Morgan fingerprint density at radius 2 is 1.75 bits per heavy atom. The van der Waals surface area contributed by atoms with Crippen molar-refractivity contribution in [3.63, 3.8) is 0 Å². The lowest BCUT2D eigenvalue weighted by Crippen LogP contribution is -2.39. The fourth-order valence-corrected chi connectivity index (χ4v) is 4.45. The Hall–Kier alpha value is -3.58. The Kier molecular flexibility index (Phi) is 9.16. The van der Waals surface area contributed by atoms with Crippen LogP contribution < -0.4 is 15.0 Å². The molecule has 0 saturated carbocycles. The second kappa shape index (κ2) is 12.9. The second-order valence-corrected chi connectivity index (χ2v) is 9.11. The molecule has 2 aromatic carbocycles. The maximum atomic E-state index is 13.6. The number of carbonyl (C=O) groups excluding carboxylic acids is 2. The van der Waals surface area contributed by atoms with E-state index in [9.17, 15) is 9.59 Å². The van der Waals surface area contributed by atoms with Gasteiger partial charge in [0.05, 0.1) is 0 Å². The van der Waals surface area contributed by atoms with Gasteiger partial charge in [-0.2, -0.15) is 0 Å². The van der Waals surface area contributed by atoms with E-state index in [2.05, 4.69) is 10.3 Å². The fraction of sp³-hybridized carbons (Fsp3) is 0.321. The number of pyridine rings is 1. The van der Waals surface area contributed by atoms with Gasteiger partial charge in [-0.25, -0.2) is 0 Å². The minimum atomic E-state index is -0.227. The molecule has 36 heavy (non-hydrogen) atoms. The largest absolute Gasteiger partial charge is 0.492 e. The number of hydrogen-bond donors (Lipinski definition) is 1. The lowest BCUT2D eigenvalue weighted by atomic mass is 10.1. The first kappa shape index (κ1) is 25.5. The number of benzene rings is 2. The average Bonchev–Trinajstić information content (AvgIpc) is 2.92. The van der Waals surface area contributed by atoms with E-state index in [1.54, 1.807) is 35.5 Å². The number of aromatic nitrogens is 1. The van der Waals surface area contributed by atoms with E-state index >= 15 is 0 Å². The molecule has 0 spiro atoms. The number of para-hydroxylation sites is 1. The molecule has 1 saturated heterocycles. The van der Waals surface area contributed by atoms with Gasteiger partial charge in [0.1, 0.15) is 12.4 Å². The number of rotatable bonds is 10. The predicted molar refractivity (Wildman–Crippen MR) is 143 cm³/mol. The molecule has 188 valence electrons. The van der Waals surface area contributed by atoms with E-state index in [1.807, 2.05) is 47.4 Å². The van der Waals surface area contributed by atoms with Crippen molar-refractivity contribution in [3.05, 3.63) is 83.6 Å². The maximum Gasteiger partial charge on any atom is 0.258 e. The third kappa shape index (κ3) is 7.21. The standard InChI is InChI=1S/C28H31ClN4O3/c29-23-19-22(20-26(21-23)36-18-14-31-24-9-12-30-13-10-24)28(35)33(25-7-3-1-4-8-25)17-11-27(34)32-15-5-2-6-16-32/h1,3-4,7-10,12-13,19-21H,2,5-6,11,14-18H2,(H,30,31). The van der Waals surface area contributed by atoms with Crippen LogP contribution in [0, 0.1) is 0 Å². The van der Waals surface area contributed by atoms with Gasteiger partial charge < -0.3 is 19.9 Å². The van der Waals surface area contributed by atoms with Crippen molar-refractivity contribution in [1.82, 2.24) is 9.88 Å². The molecular formula is C28H31ClN4O3. The van der Waals surface area contributed by atoms with Gasteiger partial charge in [0.15, 0.2) is 0 Å². The summed E-state index contributed by atoms with van der Waals surface area (Å²) in [7, 11) is 0. The molecule has 0 atom stereocenters. The van der Waals surface area contributed by atoms with Gasteiger partial charge in [-0.3, -0.25) is 14.6 Å². The van der Waals surface area contributed by atoms with Gasteiger partial charge >= 0.3 is 0 Å². The molecule has 1 N–H and O–H groups in total. The first-order valence-corrected chi connectivity index (χ1v) is 12.7. The number of piperidine rings is 1. The third-order valence-electron chi connectivity index (χ3n) is 6.07. The zero-order valence-electron chi connectivity index (χ0n) is 20.2. The minimum absolute atomic E-state index is 0.0836. The summed E-state index contributed by atoms with van der Waals surface area (Å²) in [4.78, 5) is 34.0. The lowest BCUT2D eigenvalue weighted by Gasteiger charge is -2.28. The summed E-state index contributed by atoms with van der Waals surface area (Å²) in [5.74, 6) is 0.370. The number of amides is 2. The van der Waals surface area contributed by atoms with E-state index in [4.69, 9.17) is 16.3 Å². The number of ether oxygens (including phenoxy) is 1. The molecule has 1 aliphatic heterocycles. The average molecular weight is 507 g/mol. The first-order chi connectivity index (χ1) is 17.6. The summed E-state index contributed by atoms with van der Waals surface area (Å²) in [5, 5.41) is 3.66. The Balaban J connectivity index is 1.43. The monoisotopic (exact) mass is 506 g/mol. The molecule has 0 radical (unpaired) electrons. The number of nitrogens with zero attached hydrogens (tertiary/aromatic N) is 3. The molecular weight excluding hydrogens is 476 g/mol. The van der Waals surface area contributed by atoms with Gasteiger partial charge in [0.2, 0.25) is 5.91 Å². The fourth-order valence-electron chi connectivity index (χ4n) is 4.22. The summed E-state index contributed by atoms with van der Waals surface area (Å²) in [6, 6.07) is 18.2. The van der Waals surface area contributed by atoms with Crippen LogP contribution in [-0.4, -0.2) is 54.5 Å². The van der Waals surface area contributed by atoms with Crippen LogP contribution in [0.2, 0.25) is 5.02 Å². The van der Waals surface area contributed by atoms with E-state index in [0.29, 0.717) is 29.5 Å². The van der Waals surface area contributed by atoms with Crippen LogP contribution in [0.4, 0.5) is 11.4 Å². The molecule has 1 aliphatic rings. The highest BCUT2D eigenvalue weighted by Crippen LogP contribution is 2.25. The maximum absolute atomic E-state index is 13.6. The molecule has 0 aliphatic carbocycles. The molecule has 8 heteroatoms.